The average molecular weight is 449 g/mol. The largest absolute Gasteiger partial charge is 0.497 e. The lowest BCUT2D eigenvalue weighted by atomic mass is 9.78. The van der Waals surface area contributed by atoms with E-state index < -0.39 is 5.41 Å². The molecule has 0 spiro atoms. The number of aromatic nitrogens is 1. The summed E-state index contributed by atoms with van der Waals surface area (Å²) in [5, 5.41) is 0.686. The predicted octanol–water partition coefficient (Wildman–Crippen LogP) is 5.23. The third kappa shape index (κ3) is 2.48. The normalized spacial score (nSPS) is 16.8. The van der Waals surface area contributed by atoms with Crippen molar-refractivity contribution in [2.75, 3.05) is 12.0 Å². The number of ether oxygens (including phenoxy) is 1. The number of allylic oxidation sites excluding steroid dienone is 1. The summed E-state index contributed by atoms with van der Waals surface area (Å²) in [7, 11) is 1.58. The highest BCUT2D eigenvalue weighted by Gasteiger charge is 2.46. The second-order valence-corrected chi connectivity index (χ2v) is 8.71. The number of benzene rings is 2. The fraction of sp³-hybridized carbons (Fsp3) is 0.174. The first-order chi connectivity index (χ1) is 13.8. The summed E-state index contributed by atoms with van der Waals surface area (Å²) in [4.78, 5) is 33.2. The van der Waals surface area contributed by atoms with E-state index in [4.69, 9.17) is 4.74 Å². The number of anilines is 1. The Morgan fingerprint density at radius 1 is 1.03 bits per heavy atom. The van der Waals surface area contributed by atoms with Gasteiger partial charge in [-0.15, -0.1) is 0 Å². The Bertz CT molecular complexity index is 1260. The molecule has 0 bridgehead atoms. The maximum atomic E-state index is 13.7. The lowest BCUT2D eigenvalue weighted by Gasteiger charge is -2.28. The predicted molar refractivity (Wildman–Crippen MR) is 115 cm³/mol. The van der Waals surface area contributed by atoms with Crippen molar-refractivity contribution < 1.29 is 14.3 Å². The molecule has 0 fully saturated rings. The Kier molecular flexibility index (Phi) is 3.74. The number of carbonyl (C=O) groups excluding carboxylic acids is 2. The maximum absolute atomic E-state index is 13.7. The fourth-order valence-electron chi connectivity index (χ4n) is 4.03. The lowest BCUT2D eigenvalue weighted by Crippen LogP contribution is -2.30. The molecule has 3 aromatic rings. The van der Waals surface area contributed by atoms with E-state index in [2.05, 4.69) is 20.9 Å². The molecule has 1 amide bonds. The van der Waals surface area contributed by atoms with Gasteiger partial charge in [-0.25, -0.2) is 4.98 Å². The first-order valence-electron chi connectivity index (χ1n) is 9.21. The molecule has 0 atom stereocenters. The number of methoxy groups -OCH3 is 1. The molecule has 0 radical (unpaired) electrons. The van der Waals surface area contributed by atoms with Crippen LogP contribution in [0.1, 0.15) is 40.3 Å². The van der Waals surface area contributed by atoms with Crippen molar-refractivity contribution in [1.82, 2.24) is 4.98 Å². The second-order valence-electron chi connectivity index (χ2n) is 7.79. The van der Waals surface area contributed by atoms with Gasteiger partial charge < -0.3 is 4.74 Å². The summed E-state index contributed by atoms with van der Waals surface area (Å²) >= 11 is 3.44. The molecule has 1 aliphatic heterocycles. The molecule has 29 heavy (non-hydrogen) atoms. The number of halogens is 1. The highest BCUT2D eigenvalue weighted by atomic mass is 79.9. The van der Waals surface area contributed by atoms with Crippen LogP contribution < -0.4 is 9.64 Å². The standard InChI is InChI=1S/C23H17BrN2O3/c1-23(2)11-17-19-18(22(28)26(17)13-6-4-12(24)5-7-13)15-10-14(29-3)8-9-16(15)25-20(19)21(23)27/h4-11H,1-3H3. The van der Waals surface area contributed by atoms with Gasteiger partial charge in [0.05, 0.1) is 23.9 Å². The molecular formula is C23H17BrN2O3. The second kappa shape index (κ2) is 6.00. The summed E-state index contributed by atoms with van der Waals surface area (Å²) in [6.45, 7) is 3.71. The van der Waals surface area contributed by atoms with Crippen LogP contribution in [-0.2, 0) is 0 Å². The van der Waals surface area contributed by atoms with Crippen LogP contribution in [0.15, 0.2) is 53.0 Å². The third-order valence-electron chi connectivity index (χ3n) is 5.49. The van der Waals surface area contributed by atoms with Gasteiger partial charge in [-0.3, -0.25) is 14.5 Å². The SMILES string of the molecule is COc1ccc2nc3c4c(c2c1)C(=O)N(c1ccc(Br)cc1)C4=CC(C)(C)C3=O. The van der Waals surface area contributed by atoms with Crippen LogP contribution >= 0.6 is 15.9 Å². The van der Waals surface area contributed by atoms with E-state index in [1.165, 1.54) is 0 Å². The summed E-state index contributed by atoms with van der Waals surface area (Å²) in [6.07, 6.45) is 1.88. The Hall–Kier alpha value is -2.99. The quantitative estimate of drug-likeness (QED) is 0.538. The van der Waals surface area contributed by atoms with Gasteiger partial charge in [-0.1, -0.05) is 15.9 Å². The highest BCUT2D eigenvalue weighted by molar-refractivity contribution is 9.10. The number of amides is 1. The molecule has 0 N–H and O–H groups in total. The van der Waals surface area contributed by atoms with E-state index in [1.54, 1.807) is 24.1 Å². The van der Waals surface area contributed by atoms with Crippen molar-refractivity contribution in [3.8, 4) is 5.75 Å². The van der Waals surface area contributed by atoms with Crippen molar-refractivity contribution >= 4 is 49.9 Å². The summed E-state index contributed by atoms with van der Waals surface area (Å²) in [6, 6.07) is 12.9. The number of hydrogen-bond donors (Lipinski definition) is 0. The van der Waals surface area contributed by atoms with E-state index in [0.29, 0.717) is 39.2 Å². The van der Waals surface area contributed by atoms with E-state index in [0.717, 1.165) is 10.2 Å². The molecule has 0 saturated carbocycles. The van der Waals surface area contributed by atoms with Gasteiger partial charge >= 0.3 is 0 Å². The number of rotatable bonds is 2. The number of fused-ring (bicyclic) bond motifs is 2. The average Bonchev–Trinajstić information content (AvgIpc) is 2.98. The molecule has 1 aliphatic carbocycles. The number of Topliss-reactive ketones (excluding diaryl/α,β-unsaturated/α-hetero) is 1. The molecule has 5 rings (SSSR count). The molecule has 6 heteroatoms. The number of pyridine rings is 1. The van der Waals surface area contributed by atoms with Crippen LogP contribution in [0.4, 0.5) is 5.69 Å². The van der Waals surface area contributed by atoms with Gasteiger partial charge in [0, 0.05) is 26.5 Å². The van der Waals surface area contributed by atoms with Crippen LogP contribution in [0.5, 0.6) is 5.75 Å². The maximum Gasteiger partial charge on any atom is 0.264 e. The Morgan fingerprint density at radius 3 is 2.45 bits per heavy atom. The summed E-state index contributed by atoms with van der Waals surface area (Å²) in [5.41, 5.74) is 2.77. The Balaban J connectivity index is 1.87. The molecule has 144 valence electrons. The number of nitrogens with zero attached hydrogens (tertiary/aromatic N) is 2. The molecule has 2 heterocycles. The van der Waals surface area contributed by atoms with E-state index >= 15 is 0 Å². The molecule has 1 aromatic heterocycles. The number of carbonyl (C=O) groups is 2. The molecule has 0 unspecified atom stereocenters. The minimum atomic E-state index is -0.759. The van der Waals surface area contributed by atoms with Crippen LogP contribution in [-0.4, -0.2) is 23.8 Å². The fourth-order valence-corrected chi connectivity index (χ4v) is 4.30. The Morgan fingerprint density at radius 2 is 1.76 bits per heavy atom. The van der Waals surface area contributed by atoms with Gasteiger partial charge in [0.25, 0.3) is 5.91 Å². The minimum absolute atomic E-state index is 0.0827. The molecular weight excluding hydrogens is 432 g/mol. The van der Waals surface area contributed by atoms with E-state index in [9.17, 15) is 9.59 Å². The van der Waals surface area contributed by atoms with Crippen molar-refractivity contribution in [3.05, 3.63) is 69.8 Å². The van der Waals surface area contributed by atoms with Gasteiger partial charge in [0.15, 0.2) is 5.78 Å². The number of ketones is 1. The van der Waals surface area contributed by atoms with Crippen molar-refractivity contribution in [2.24, 2.45) is 5.41 Å². The van der Waals surface area contributed by atoms with Gasteiger partial charge in [0.1, 0.15) is 11.4 Å². The van der Waals surface area contributed by atoms with Crippen LogP contribution in [0.3, 0.4) is 0 Å². The molecule has 2 aliphatic rings. The first kappa shape index (κ1) is 18.1. The van der Waals surface area contributed by atoms with Gasteiger partial charge in [-0.2, -0.15) is 0 Å². The summed E-state index contributed by atoms with van der Waals surface area (Å²) < 4.78 is 6.28. The molecule has 5 nitrogen and oxygen atoms in total. The zero-order valence-corrected chi connectivity index (χ0v) is 17.7. The molecule has 2 aromatic carbocycles. The van der Waals surface area contributed by atoms with E-state index in [1.807, 2.05) is 50.3 Å². The topological polar surface area (TPSA) is 59.5 Å². The van der Waals surface area contributed by atoms with Crippen LogP contribution in [0.2, 0.25) is 0 Å². The summed E-state index contributed by atoms with van der Waals surface area (Å²) in [5.74, 6) is 0.389. The van der Waals surface area contributed by atoms with Crippen LogP contribution in [0.25, 0.3) is 16.6 Å². The van der Waals surface area contributed by atoms with Gasteiger partial charge in [0.2, 0.25) is 0 Å². The monoisotopic (exact) mass is 448 g/mol. The number of hydrogen-bond acceptors (Lipinski definition) is 4. The zero-order chi connectivity index (χ0) is 20.5. The smallest absolute Gasteiger partial charge is 0.264 e. The zero-order valence-electron chi connectivity index (χ0n) is 16.1. The third-order valence-corrected chi connectivity index (χ3v) is 6.02. The first-order valence-corrected chi connectivity index (χ1v) is 10.0. The molecule has 0 saturated heterocycles. The minimum Gasteiger partial charge on any atom is -0.497 e. The van der Waals surface area contributed by atoms with E-state index in [-0.39, 0.29) is 11.7 Å². The van der Waals surface area contributed by atoms with Crippen molar-refractivity contribution in [2.45, 2.75) is 13.8 Å². The Labute approximate surface area is 176 Å². The highest BCUT2D eigenvalue weighted by Crippen LogP contribution is 2.47. The van der Waals surface area contributed by atoms with Crippen LogP contribution in [0, 0.1) is 5.41 Å². The van der Waals surface area contributed by atoms with Crippen molar-refractivity contribution in [1.29, 1.82) is 0 Å². The van der Waals surface area contributed by atoms with Gasteiger partial charge in [-0.05, 0) is 62.4 Å². The lowest BCUT2D eigenvalue weighted by molar-refractivity contribution is 0.0877. The van der Waals surface area contributed by atoms with Crippen molar-refractivity contribution in [3.63, 3.8) is 0 Å².